The van der Waals surface area contributed by atoms with Gasteiger partial charge in [0.2, 0.25) is 5.95 Å². The monoisotopic (exact) mass is 223 g/mol. The summed E-state index contributed by atoms with van der Waals surface area (Å²) in [4.78, 5) is 15.4. The zero-order valence-corrected chi connectivity index (χ0v) is 9.51. The number of hydrogen-bond acceptors (Lipinski definition) is 5. The number of nitrogens with two attached hydrogens (primary N) is 1. The lowest BCUT2D eigenvalue weighted by atomic mass is 10.4. The maximum absolute atomic E-state index is 5.61. The summed E-state index contributed by atoms with van der Waals surface area (Å²) in [6.07, 6.45) is 2.70. The number of rotatable bonds is 3. The molecule has 0 aliphatic heterocycles. The average Bonchev–Trinajstić information content (AvgIpc) is 2.65. The van der Waals surface area contributed by atoms with E-state index in [0.717, 1.165) is 17.0 Å². The second-order valence-corrected chi connectivity index (χ2v) is 4.75. The molecular weight excluding hydrogens is 210 g/mol. The predicted molar refractivity (Wildman–Crippen MR) is 61.7 cm³/mol. The van der Waals surface area contributed by atoms with E-state index < -0.39 is 0 Å². The van der Waals surface area contributed by atoms with Gasteiger partial charge in [-0.1, -0.05) is 13.8 Å². The van der Waals surface area contributed by atoms with E-state index in [-0.39, 0.29) is 5.95 Å². The van der Waals surface area contributed by atoms with Crippen LogP contribution < -0.4 is 5.73 Å². The van der Waals surface area contributed by atoms with Gasteiger partial charge in [-0.05, 0) is 6.42 Å². The van der Waals surface area contributed by atoms with Crippen LogP contribution in [0.15, 0.2) is 11.4 Å². The van der Waals surface area contributed by atoms with Gasteiger partial charge >= 0.3 is 0 Å². The lowest BCUT2D eigenvalue weighted by molar-refractivity contribution is 0.901. The summed E-state index contributed by atoms with van der Waals surface area (Å²) in [5.74, 6) is 0.278. The number of hydrogen-bond donors (Lipinski definition) is 2. The maximum Gasteiger partial charge on any atom is 0.223 e. The Morgan fingerprint density at radius 2 is 2.33 bits per heavy atom. The summed E-state index contributed by atoms with van der Waals surface area (Å²) in [5.41, 5.74) is 7.11. The molecule has 0 unspecified atom stereocenters. The number of imidazole rings is 1. The van der Waals surface area contributed by atoms with Crippen molar-refractivity contribution >= 4 is 28.9 Å². The molecule has 1 atom stereocenters. The number of nitrogens with zero attached hydrogens (tertiary/aromatic N) is 3. The van der Waals surface area contributed by atoms with Crippen molar-refractivity contribution in [1.82, 2.24) is 19.9 Å². The lowest BCUT2D eigenvalue weighted by Crippen LogP contribution is -2.00. The van der Waals surface area contributed by atoms with Gasteiger partial charge in [0, 0.05) is 5.25 Å². The van der Waals surface area contributed by atoms with E-state index in [1.54, 1.807) is 18.1 Å². The fourth-order valence-corrected chi connectivity index (χ4v) is 2.14. The maximum atomic E-state index is 5.61. The van der Waals surface area contributed by atoms with Crippen LogP contribution in [0.5, 0.6) is 0 Å². The minimum absolute atomic E-state index is 0.278. The van der Waals surface area contributed by atoms with E-state index in [2.05, 4.69) is 33.8 Å². The largest absolute Gasteiger partial charge is 0.368 e. The molecule has 0 aliphatic rings. The van der Waals surface area contributed by atoms with Crippen LogP contribution in [0.2, 0.25) is 0 Å². The summed E-state index contributed by atoms with van der Waals surface area (Å²) in [6, 6.07) is 0. The molecule has 2 rings (SSSR count). The highest BCUT2D eigenvalue weighted by atomic mass is 32.2. The Labute approximate surface area is 91.9 Å². The van der Waals surface area contributed by atoms with E-state index in [9.17, 15) is 0 Å². The van der Waals surface area contributed by atoms with Gasteiger partial charge in [0.05, 0.1) is 6.33 Å². The first-order chi connectivity index (χ1) is 7.20. The zero-order valence-electron chi connectivity index (χ0n) is 8.69. The molecule has 0 saturated carbocycles. The number of nitrogens with one attached hydrogen (secondary N) is 1. The molecule has 0 aliphatic carbocycles. The molecule has 0 fully saturated rings. The SMILES string of the molecule is CC[C@H](C)Sc1nc(N)nc2nc[nH]c12. The van der Waals surface area contributed by atoms with Crippen molar-refractivity contribution in [2.24, 2.45) is 0 Å². The average molecular weight is 223 g/mol. The third-order valence-corrected chi connectivity index (χ3v) is 3.41. The third kappa shape index (κ3) is 2.04. The Morgan fingerprint density at radius 1 is 1.53 bits per heavy atom. The van der Waals surface area contributed by atoms with Crippen molar-refractivity contribution in [3.05, 3.63) is 6.33 Å². The Hall–Kier alpha value is -1.30. The minimum Gasteiger partial charge on any atom is -0.368 e. The van der Waals surface area contributed by atoms with Crippen LogP contribution in [-0.2, 0) is 0 Å². The van der Waals surface area contributed by atoms with Gasteiger partial charge in [-0.2, -0.15) is 4.98 Å². The number of aromatic nitrogens is 4. The fourth-order valence-electron chi connectivity index (χ4n) is 1.18. The minimum atomic E-state index is 0.278. The van der Waals surface area contributed by atoms with E-state index in [1.165, 1.54) is 0 Å². The Bertz CT molecular complexity index is 466. The molecule has 2 aromatic rings. The van der Waals surface area contributed by atoms with Gasteiger partial charge in [-0.25, -0.2) is 9.97 Å². The quantitative estimate of drug-likeness (QED) is 0.613. The normalized spacial score (nSPS) is 13.2. The molecule has 0 bridgehead atoms. The van der Waals surface area contributed by atoms with Gasteiger partial charge in [-0.3, -0.25) is 0 Å². The molecule has 2 heterocycles. The zero-order chi connectivity index (χ0) is 10.8. The molecule has 5 nitrogen and oxygen atoms in total. The van der Waals surface area contributed by atoms with Crippen LogP contribution in [-0.4, -0.2) is 25.2 Å². The van der Waals surface area contributed by atoms with Crippen LogP contribution in [0.1, 0.15) is 20.3 Å². The Balaban J connectivity index is 2.44. The molecule has 0 aromatic carbocycles. The summed E-state index contributed by atoms with van der Waals surface area (Å²) in [5, 5.41) is 1.38. The number of anilines is 1. The van der Waals surface area contributed by atoms with Gasteiger partial charge in [0.1, 0.15) is 10.5 Å². The smallest absolute Gasteiger partial charge is 0.223 e. The fraction of sp³-hybridized carbons (Fsp3) is 0.444. The molecule has 3 N–H and O–H groups in total. The van der Waals surface area contributed by atoms with Crippen LogP contribution in [0.3, 0.4) is 0 Å². The van der Waals surface area contributed by atoms with Gasteiger partial charge in [0.15, 0.2) is 5.65 Å². The summed E-state index contributed by atoms with van der Waals surface area (Å²) < 4.78 is 0. The van der Waals surface area contributed by atoms with E-state index in [0.29, 0.717) is 10.9 Å². The van der Waals surface area contributed by atoms with Crippen LogP contribution in [0.4, 0.5) is 5.95 Å². The molecule has 80 valence electrons. The van der Waals surface area contributed by atoms with E-state index in [1.807, 2.05) is 0 Å². The lowest BCUT2D eigenvalue weighted by Gasteiger charge is -2.07. The second kappa shape index (κ2) is 4.06. The van der Waals surface area contributed by atoms with Gasteiger partial charge in [-0.15, -0.1) is 11.8 Å². The molecule has 6 heteroatoms. The second-order valence-electron chi connectivity index (χ2n) is 3.32. The summed E-state index contributed by atoms with van der Waals surface area (Å²) in [7, 11) is 0. The van der Waals surface area contributed by atoms with Crippen molar-refractivity contribution < 1.29 is 0 Å². The molecule has 0 radical (unpaired) electrons. The van der Waals surface area contributed by atoms with Crippen molar-refractivity contribution in [3.63, 3.8) is 0 Å². The van der Waals surface area contributed by atoms with Crippen LogP contribution in [0, 0.1) is 0 Å². The Kier molecular flexibility index (Phi) is 2.77. The van der Waals surface area contributed by atoms with Crippen molar-refractivity contribution in [3.8, 4) is 0 Å². The third-order valence-electron chi connectivity index (χ3n) is 2.16. The first kappa shape index (κ1) is 10.2. The van der Waals surface area contributed by atoms with Crippen LogP contribution >= 0.6 is 11.8 Å². The molecule has 0 spiro atoms. The molecule has 2 aromatic heterocycles. The highest BCUT2D eigenvalue weighted by molar-refractivity contribution is 8.00. The first-order valence-corrected chi connectivity index (χ1v) is 5.72. The number of thioether (sulfide) groups is 1. The molecular formula is C9H13N5S. The summed E-state index contributed by atoms with van der Waals surface area (Å²) >= 11 is 1.69. The van der Waals surface area contributed by atoms with Crippen molar-refractivity contribution in [1.29, 1.82) is 0 Å². The molecule has 0 saturated heterocycles. The predicted octanol–water partition coefficient (Wildman–Crippen LogP) is 1.83. The number of nitrogen functional groups attached to an aromatic ring is 1. The van der Waals surface area contributed by atoms with Crippen molar-refractivity contribution in [2.45, 2.75) is 30.5 Å². The highest BCUT2D eigenvalue weighted by Crippen LogP contribution is 2.28. The Morgan fingerprint density at radius 3 is 3.07 bits per heavy atom. The first-order valence-electron chi connectivity index (χ1n) is 4.84. The number of fused-ring (bicyclic) bond motifs is 1. The summed E-state index contributed by atoms with van der Waals surface area (Å²) in [6.45, 7) is 4.30. The topological polar surface area (TPSA) is 80.5 Å². The molecule has 0 amide bonds. The van der Waals surface area contributed by atoms with Gasteiger partial charge < -0.3 is 10.7 Å². The molecule has 15 heavy (non-hydrogen) atoms. The standard InChI is InChI=1S/C9H13N5S/c1-3-5(2)15-8-6-7(12-4-11-6)13-9(10)14-8/h4-5H,3H2,1-2H3,(H3,10,11,12,13,14)/t5-/m0/s1. The van der Waals surface area contributed by atoms with E-state index in [4.69, 9.17) is 5.73 Å². The van der Waals surface area contributed by atoms with Gasteiger partial charge in [0.25, 0.3) is 0 Å². The van der Waals surface area contributed by atoms with Crippen LogP contribution in [0.25, 0.3) is 11.2 Å². The van der Waals surface area contributed by atoms with E-state index >= 15 is 0 Å². The number of aromatic amines is 1. The highest BCUT2D eigenvalue weighted by Gasteiger charge is 2.11. The number of H-pyrrole nitrogens is 1. The van der Waals surface area contributed by atoms with Crippen molar-refractivity contribution in [2.75, 3.05) is 5.73 Å².